The number of alkyl halides is 3. The Hall–Kier alpha value is -3.88. The molecule has 3 aromatic rings. The number of piperidine rings is 1. The smallest absolute Gasteiger partial charge is 0.451 e. The molecule has 5 rings (SSSR count). The molecule has 0 aliphatic carbocycles. The number of carbonyl (C=O) groups is 1. The second-order valence-electron chi connectivity index (χ2n) is 9.59. The van der Waals surface area contributed by atoms with Crippen LogP contribution in [0, 0.1) is 30.1 Å². The van der Waals surface area contributed by atoms with Crippen LogP contribution < -0.4 is 9.64 Å². The third-order valence-corrected chi connectivity index (χ3v) is 7.41. The van der Waals surface area contributed by atoms with Gasteiger partial charge in [-0.15, -0.1) is 10.2 Å². The summed E-state index contributed by atoms with van der Waals surface area (Å²) in [5.41, 5.74) is 2.90. The van der Waals surface area contributed by atoms with Crippen molar-refractivity contribution in [3.05, 3.63) is 41.1 Å². The van der Waals surface area contributed by atoms with Gasteiger partial charge in [0.25, 0.3) is 0 Å². The first kappa shape index (κ1) is 24.8. The van der Waals surface area contributed by atoms with Gasteiger partial charge < -0.3 is 19.1 Å². The van der Waals surface area contributed by atoms with Gasteiger partial charge in [-0.05, 0) is 31.4 Å². The maximum absolute atomic E-state index is 13.4. The highest BCUT2D eigenvalue weighted by Gasteiger charge is 2.41. The van der Waals surface area contributed by atoms with E-state index in [-0.39, 0.29) is 43.2 Å². The summed E-state index contributed by atoms with van der Waals surface area (Å²) in [7, 11) is 1.60. The van der Waals surface area contributed by atoms with E-state index in [1.54, 1.807) is 18.2 Å². The van der Waals surface area contributed by atoms with E-state index in [1.807, 2.05) is 26.0 Å². The summed E-state index contributed by atoms with van der Waals surface area (Å²) in [4.78, 5) is 21.6. The fourth-order valence-electron chi connectivity index (χ4n) is 5.52. The van der Waals surface area contributed by atoms with Crippen molar-refractivity contribution >= 4 is 22.5 Å². The van der Waals surface area contributed by atoms with Gasteiger partial charge in [0.15, 0.2) is 5.82 Å². The van der Waals surface area contributed by atoms with Crippen LogP contribution in [0.2, 0.25) is 0 Å². The van der Waals surface area contributed by atoms with Gasteiger partial charge in [-0.25, -0.2) is 0 Å². The molecule has 0 bridgehead atoms. The van der Waals surface area contributed by atoms with E-state index in [9.17, 15) is 23.2 Å². The van der Waals surface area contributed by atoms with Crippen LogP contribution >= 0.6 is 0 Å². The minimum Gasteiger partial charge on any atom is -0.496 e. The third-order valence-electron chi connectivity index (χ3n) is 7.41. The molecule has 1 aromatic carbocycles. The number of hydrogen-bond donors (Lipinski definition) is 0. The molecule has 2 aromatic heterocycles. The number of aryl methyl sites for hydroxylation is 1. The molecular weight excluding hydrogens is 487 g/mol. The second-order valence-corrected chi connectivity index (χ2v) is 9.59. The normalized spacial score (nSPS) is 20.0. The number of aromatic nitrogens is 4. The van der Waals surface area contributed by atoms with Crippen LogP contribution in [-0.4, -0.2) is 57.3 Å². The highest BCUT2D eigenvalue weighted by molar-refractivity contribution is 5.97. The molecule has 1 fully saturated rings. The summed E-state index contributed by atoms with van der Waals surface area (Å²) in [6.45, 7) is 5.21. The van der Waals surface area contributed by atoms with Crippen LogP contribution in [-0.2, 0) is 24.1 Å². The number of ether oxygens (including phenoxy) is 1. The van der Waals surface area contributed by atoms with E-state index in [4.69, 9.17) is 4.74 Å². The number of hydrogen-bond acceptors (Lipinski definition) is 7. The number of pyridine rings is 1. The maximum atomic E-state index is 13.4. The van der Waals surface area contributed by atoms with E-state index in [0.717, 1.165) is 26.7 Å². The summed E-state index contributed by atoms with van der Waals surface area (Å²) in [5.74, 6) is -0.579. The predicted molar refractivity (Wildman–Crippen MR) is 128 cm³/mol. The van der Waals surface area contributed by atoms with Crippen LogP contribution in [0.1, 0.15) is 36.1 Å². The summed E-state index contributed by atoms with van der Waals surface area (Å²) < 4.78 is 45.9. The largest absolute Gasteiger partial charge is 0.496 e. The lowest BCUT2D eigenvalue weighted by molar-refractivity contribution is -0.148. The standard InChI is InChI=1S/C25H26F3N7O2/c1-14-12-33(22-16(10-29)11-30-21-15(2)19(37-3)5-4-18(21)22)7-6-17(14)23(36)34-8-9-35-20(13-34)31-32-24(35)25(26,27)28/h4-5,11,14,17H,6-9,12-13H2,1-3H3/t14-,17+/m1/s1. The van der Waals surface area contributed by atoms with E-state index < -0.39 is 12.0 Å². The van der Waals surface area contributed by atoms with Crippen molar-refractivity contribution in [1.82, 2.24) is 24.6 Å². The second kappa shape index (κ2) is 9.21. The number of anilines is 1. The van der Waals surface area contributed by atoms with Crippen molar-refractivity contribution in [2.24, 2.45) is 11.8 Å². The Kier molecular flexibility index (Phi) is 6.17. The number of nitriles is 1. The molecule has 0 spiro atoms. The van der Waals surface area contributed by atoms with Crippen LogP contribution in [0.15, 0.2) is 18.3 Å². The number of halogens is 3. The first-order chi connectivity index (χ1) is 17.6. The summed E-state index contributed by atoms with van der Waals surface area (Å²) in [6.07, 6.45) is -2.45. The highest BCUT2D eigenvalue weighted by atomic mass is 19.4. The minimum absolute atomic E-state index is 0.00350. The fraction of sp³-hybridized carbons (Fsp3) is 0.480. The zero-order valence-electron chi connectivity index (χ0n) is 20.7. The Balaban J connectivity index is 1.36. The van der Waals surface area contributed by atoms with Gasteiger partial charge in [-0.3, -0.25) is 9.78 Å². The quantitative estimate of drug-likeness (QED) is 0.528. The first-order valence-electron chi connectivity index (χ1n) is 12.0. The molecule has 9 nitrogen and oxygen atoms in total. The lowest BCUT2D eigenvalue weighted by Crippen LogP contribution is -2.49. The number of nitrogens with zero attached hydrogens (tertiary/aromatic N) is 7. The summed E-state index contributed by atoms with van der Waals surface area (Å²) in [6, 6.07) is 6.02. The molecule has 1 saturated heterocycles. The Labute approximate surface area is 211 Å². The Morgan fingerprint density at radius 2 is 2.00 bits per heavy atom. The Morgan fingerprint density at radius 3 is 2.68 bits per heavy atom. The number of carbonyl (C=O) groups excluding carboxylic acids is 1. The molecule has 37 heavy (non-hydrogen) atoms. The average molecular weight is 514 g/mol. The topological polar surface area (TPSA) is 100 Å². The summed E-state index contributed by atoms with van der Waals surface area (Å²) >= 11 is 0. The molecular formula is C25H26F3N7O2. The molecule has 2 atom stereocenters. The van der Waals surface area contributed by atoms with Gasteiger partial charge in [-0.1, -0.05) is 6.92 Å². The van der Waals surface area contributed by atoms with Gasteiger partial charge in [0, 0.05) is 49.2 Å². The molecule has 0 unspecified atom stereocenters. The van der Waals surface area contributed by atoms with Crippen molar-refractivity contribution in [2.45, 2.75) is 39.5 Å². The van der Waals surface area contributed by atoms with Gasteiger partial charge in [-0.2, -0.15) is 18.4 Å². The number of methoxy groups -OCH3 is 1. The van der Waals surface area contributed by atoms with Crippen molar-refractivity contribution in [3.63, 3.8) is 0 Å². The zero-order valence-corrected chi connectivity index (χ0v) is 20.7. The Morgan fingerprint density at radius 1 is 1.22 bits per heavy atom. The number of amides is 1. The molecule has 2 aliphatic rings. The van der Waals surface area contributed by atoms with Crippen LogP contribution in [0.4, 0.5) is 18.9 Å². The third kappa shape index (κ3) is 4.22. The Bertz CT molecular complexity index is 1410. The van der Waals surface area contributed by atoms with Gasteiger partial charge in [0.2, 0.25) is 11.7 Å². The van der Waals surface area contributed by atoms with Crippen LogP contribution in [0.25, 0.3) is 10.9 Å². The van der Waals surface area contributed by atoms with Gasteiger partial charge in [0.05, 0.1) is 30.4 Å². The van der Waals surface area contributed by atoms with Crippen LogP contribution in [0.3, 0.4) is 0 Å². The lowest BCUT2D eigenvalue weighted by Gasteiger charge is -2.40. The minimum atomic E-state index is -4.58. The van der Waals surface area contributed by atoms with E-state index in [2.05, 4.69) is 26.2 Å². The van der Waals surface area contributed by atoms with E-state index in [1.165, 1.54) is 0 Å². The average Bonchev–Trinajstić information content (AvgIpc) is 3.32. The highest BCUT2D eigenvalue weighted by Crippen LogP contribution is 2.38. The van der Waals surface area contributed by atoms with Crippen molar-refractivity contribution in [2.75, 3.05) is 31.6 Å². The van der Waals surface area contributed by atoms with Crippen molar-refractivity contribution in [3.8, 4) is 11.8 Å². The molecule has 0 saturated carbocycles. The van der Waals surface area contributed by atoms with Crippen molar-refractivity contribution in [1.29, 1.82) is 5.26 Å². The monoisotopic (exact) mass is 513 g/mol. The summed E-state index contributed by atoms with van der Waals surface area (Å²) in [5, 5.41) is 17.6. The lowest BCUT2D eigenvalue weighted by atomic mass is 9.85. The van der Waals surface area contributed by atoms with E-state index >= 15 is 0 Å². The number of fused-ring (bicyclic) bond motifs is 2. The van der Waals surface area contributed by atoms with Crippen LogP contribution in [0.5, 0.6) is 5.75 Å². The first-order valence-corrected chi connectivity index (χ1v) is 12.0. The molecule has 194 valence electrons. The van der Waals surface area contributed by atoms with E-state index in [0.29, 0.717) is 30.8 Å². The molecule has 0 radical (unpaired) electrons. The fourth-order valence-corrected chi connectivity index (χ4v) is 5.52. The molecule has 2 aliphatic heterocycles. The molecule has 1 amide bonds. The molecule has 12 heteroatoms. The predicted octanol–water partition coefficient (Wildman–Crippen LogP) is 3.54. The molecule has 4 heterocycles. The number of rotatable bonds is 3. The maximum Gasteiger partial charge on any atom is 0.451 e. The van der Waals surface area contributed by atoms with Crippen molar-refractivity contribution < 1.29 is 22.7 Å². The number of benzene rings is 1. The SMILES string of the molecule is COc1ccc2c(N3CC[C@H](C(=O)N4CCn5c(nnc5C(F)(F)F)C4)[C@H](C)C3)c(C#N)cnc2c1C. The van der Waals surface area contributed by atoms with Gasteiger partial charge >= 0.3 is 6.18 Å². The molecule has 0 N–H and O–H groups in total. The van der Waals surface area contributed by atoms with Gasteiger partial charge in [0.1, 0.15) is 11.8 Å². The zero-order chi connectivity index (χ0) is 26.5.